The number of carbonyl (C=O) groups is 1. The van der Waals surface area contributed by atoms with Crippen molar-refractivity contribution in [3.8, 4) is 5.75 Å². The number of ether oxygens (including phenoxy) is 1. The molecule has 1 aromatic carbocycles. The van der Waals surface area contributed by atoms with Gasteiger partial charge in [0, 0.05) is 45.8 Å². The third-order valence-electron chi connectivity index (χ3n) is 5.35. The summed E-state index contributed by atoms with van der Waals surface area (Å²) in [6.07, 6.45) is 1.17. The number of likely N-dealkylation sites (tertiary alicyclic amines) is 1. The highest BCUT2D eigenvalue weighted by molar-refractivity contribution is 5.96. The molecule has 2 fully saturated rings. The third-order valence-corrected chi connectivity index (χ3v) is 5.35. The number of phenols is 1. The molecule has 8 nitrogen and oxygen atoms in total. The molecule has 2 aliphatic heterocycles. The van der Waals surface area contributed by atoms with Crippen molar-refractivity contribution in [2.75, 3.05) is 65.6 Å². The highest BCUT2D eigenvalue weighted by atomic mass is 16.5. The Morgan fingerprint density at radius 2 is 2.03 bits per heavy atom. The molecule has 0 saturated carbocycles. The van der Waals surface area contributed by atoms with Gasteiger partial charge in [-0.3, -0.25) is 14.7 Å². The molecule has 0 spiro atoms. The molecule has 160 valence electrons. The number of nitrogens with one attached hydrogen (secondary N) is 2. The third kappa shape index (κ3) is 6.33. The van der Waals surface area contributed by atoms with Crippen LogP contribution >= 0.6 is 0 Å². The van der Waals surface area contributed by atoms with Crippen LogP contribution < -0.4 is 10.6 Å². The smallest absolute Gasteiger partial charge is 0.255 e. The number of aromatic hydroxyl groups is 1. The molecular formula is C21H33N5O3. The van der Waals surface area contributed by atoms with Crippen LogP contribution in [0.3, 0.4) is 0 Å². The highest BCUT2D eigenvalue weighted by Crippen LogP contribution is 2.18. The normalized spacial score (nSPS) is 20.7. The van der Waals surface area contributed by atoms with Crippen LogP contribution in [0.1, 0.15) is 23.7 Å². The molecule has 29 heavy (non-hydrogen) atoms. The highest BCUT2D eigenvalue weighted by Gasteiger charge is 2.27. The van der Waals surface area contributed by atoms with Crippen molar-refractivity contribution in [3.63, 3.8) is 0 Å². The molecule has 3 N–H and O–H groups in total. The van der Waals surface area contributed by atoms with Gasteiger partial charge in [0.1, 0.15) is 5.75 Å². The standard InChI is InChI=1S/C21H33N5O3/c1-2-22-21(24-9-8-23-20(28)18-5-3-4-6-19(18)27)26-10-7-17(16-26)15-25-11-13-29-14-12-25/h3-6,17,27H,2,7-16H2,1H3,(H,22,24)(H,23,28). The Kier molecular flexibility index (Phi) is 8.13. The fourth-order valence-corrected chi connectivity index (χ4v) is 3.84. The summed E-state index contributed by atoms with van der Waals surface area (Å²) in [5, 5.41) is 16.0. The van der Waals surface area contributed by atoms with Crippen molar-refractivity contribution in [2.24, 2.45) is 10.9 Å². The lowest BCUT2D eigenvalue weighted by molar-refractivity contribution is 0.0315. The number of carbonyl (C=O) groups excluding carboxylic acids is 1. The first-order valence-electron chi connectivity index (χ1n) is 10.6. The van der Waals surface area contributed by atoms with Gasteiger partial charge in [-0.05, 0) is 31.4 Å². The molecular weight excluding hydrogens is 370 g/mol. The number of benzene rings is 1. The van der Waals surface area contributed by atoms with Crippen LogP contribution in [0.5, 0.6) is 5.75 Å². The number of guanidine groups is 1. The Morgan fingerprint density at radius 1 is 1.24 bits per heavy atom. The Bertz CT molecular complexity index is 691. The van der Waals surface area contributed by atoms with Crippen LogP contribution in [0.25, 0.3) is 0 Å². The van der Waals surface area contributed by atoms with Gasteiger partial charge in [0.05, 0.1) is 25.3 Å². The first-order chi connectivity index (χ1) is 14.2. The van der Waals surface area contributed by atoms with E-state index in [0.29, 0.717) is 19.0 Å². The maximum Gasteiger partial charge on any atom is 0.255 e. The Hall–Kier alpha value is -2.32. The van der Waals surface area contributed by atoms with Gasteiger partial charge in [-0.2, -0.15) is 0 Å². The second-order valence-corrected chi connectivity index (χ2v) is 7.52. The van der Waals surface area contributed by atoms with E-state index < -0.39 is 0 Å². The minimum Gasteiger partial charge on any atom is -0.507 e. The van der Waals surface area contributed by atoms with E-state index in [1.807, 2.05) is 0 Å². The molecule has 2 heterocycles. The van der Waals surface area contributed by atoms with Crippen molar-refractivity contribution in [1.82, 2.24) is 20.4 Å². The largest absolute Gasteiger partial charge is 0.507 e. The van der Waals surface area contributed by atoms with Gasteiger partial charge < -0.3 is 25.4 Å². The van der Waals surface area contributed by atoms with Crippen LogP contribution in [0.15, 0.2) is 29.3 Å². The number of hydrogen-bond acceptors (Lipinski definition) is 5. The summed E-state index contributed by atoms with van der Waals surface area (Å²) in [4.78, 5) is 21.7. The lowest BCUT2D eigenvalue weighted by atomic mass is 10.1. The van der Waals surface area contributed by atoms with Crippen LogP contribution in [-0.4, -0.2) is 92.3 Å². The summed E-state index contributed by atoms with van der Waals surface area (Å²) in [7, 11) is 0. The van der Waals surface area contributed by atoms with Crippen molar-refractivity contribution >= 4 is 11.9 Å². The van der Waals surface area contributed by atoms with Crippen LogP contribution in [0, 0.1) is 5.92 Å². The number of para-hydroxylation sites is 1. The van der Waals surface area contributed by atoms with E-state index in [1.165, 1.54) is 12.5 Å². The zero-order valence-electron chi connectivity index (χ0n) is 17.3. The quantitative estimate of drug-likeness (QED) is 0.354. The average Bonchev–Trinajstić information content (AvgIpc) is 3.19. The van der Waals surface area contributed by atoms with Gasteiger partial charge in [-0.25, -0.2) is 0 Å². The zero-order chi connectivity index (χ0) is 20.5. The van der Waals surface area contributed by atoms with Crippen molar-refractivity contribution in [1.29, 1.82) is 0 Å². The number of rotatable bonds is 7. The van der Waals surface area contributed by atoms with Crippen LogP contribution in [0.4, 0.5) is 0 Å². The van der Waals surface area contributed by atoms with Crippen molar-refractivity contribution in [2.45, 2.75) is 13.3 Å². The van der Waals surface area contributed by atoms with E-state index in [-0.39, 0.29) is 17.2 Å². The lowest BCUT2D eigenvalue weighted by Gasteiger charge is -2.29. The summed E-state index contributed by atoms with van der Waals surface area (Å²) < 4.78 is 5.44. The minimum atomic E-state index is -0.282. The maximum atomic E-state index is 12.2. The molecule has 2 aliphatic rings. The summed E-state index contributed by atoms with van der Waals surface area (Å²) >= 11 is 0. The predicted molar refractivity (Wildman–Crippen MR) is 113 cm³/mol. The second-order valence-electron chi connectivity index (χ2n) is 7.52. The summed E-state index contributed by atoms with van der Waals surface area (Å²) in [5.74, 6) is 1.27. The first-order valence-corrected chi connectivity index (χ1v) is 10.6. The van der Waals surface area contributed by atoms with Gasteiger partial charge in [0.2, 0.25) is 0 Å². The number of hydrogen-bond donors (Lipinski definition) is 3. The number of amides is 1. The lowest BCUT2D eigenvalue weighted by Crippen LogP contribution is -2.42. The molecule has 0 aromatic heterocycles. The molecule has 3 rings (SSSR count). The molecule has 1 amide bonds. The van der Waals surface area contributed by atoms with Gasteiger partial charge in [0.25, 0.3) is 5.91 Å². The average molecular weight is 404 g/mol. The van der Waals surface area contributed by atoms with Gasteiger partial charge in [-0.1, -0.05) is 12.1 Å². The van der Waals surface area contributed by atoms with Gasteiger partial charge in [0.15, 0.2) is 5.96 Å². The van der Waals surface area contributed by atoms with E-state index in [4.69, 9.17) is 4.74 Å². The Balaban J connectivity index is 1.45. The van der Waals surface area contributed by atoms with Crippen LogP contribution in [0.2, 0.25) is 0 Å². The molecule has 8 heteroatoms. The SMILES string of the molecule is CCNC(=NCCNC(=O)c1ccccc1O)N1CCC(CN2CCOCC2)C1. The first kappa shape index (κ1) is 21.4. The number of morpholine rings is 1. The molecule has 0 aliphatic carbocycles. The maximum absolute atomic E-state index is 12.2. The van der Waals surface area contributed by atoms with Crippen molar-refractivity contribution in [3.05, 3.63) is 29.8 Å². The monoisotopic (exact) mass is 403 g/mol. The molecule has 0 radical (unpaired) electrons. The Morgan fingerprint density at radius 3 is 2.79 bits per heavy atom. The van der Waals surface area contributed by atoms with E-state index in [9.17, 15) is 9.90 Å². The topological polar surface area (TPSA) is 89.4 Å². The van der Waals surface area contributed by atoms with Gasteiger partial charge in [-0.15, -0.1) is 0 Å². The minimum absolute atomic E-state index is 0.00906. The van der Waals surface area contributed by atoms with Gasteiger partial charge >= 0.3 is 0 Å². The molecule has 1 aromatic rings. The number of phenolic OH excluding ortho intramolecular Hbond substituents is 1. The molecule has 1 atom stereocenters. The summed E-state index contributed by atoms with van der Waals surface area (Å²) in [6.45, 7) is 10.7. The van der Waals surface area contributed by atoms with Crippen LogP contribution in [-0.2, 0) is 4.74 Å². The Labute approximate surface area is 172 Å². The second kappa shape index (κ2) is 11.0. The molecule has 1 unspecified atom stereocenters. The van der Waals surface area contributed by atoms with E-state index in [1.54, 1.807) is 18.2 Å². The van der Waals surface area contributed by atoms with Crippen molar-refractivity contribution < 1.29 is 14.6 Å². The number of nitrogens with zero attached hydrogens (tertiary/aromatic N) is 3. The molecule has 2 saturated heterocycles. The number of aliphatic imine (C=N–C) groups is 1. The fraction of sp³-hybridized carbons (Fsp3) is 0.619. The summed E-state index contributed by atoms with van der Waals surface area (Å²) in [6, 6.07) is 6.55. The molecule has 0 bridgehead atoms. The predicted octanol–water partition coefficient (Wildman–Crippen LogP) is 0.742. The zero-order valence-corrected chi connectivity index (χ0v) is 17.3. The summed E-state index contributed by atoms with van der Waals surface area (Å²) in [5.41, 5.74) is 0.286. The van der Waals surface area contributed by atoms with E-state index >= 15 is 0 Å². The fourth-order valence-electron chi connectivity index (χ4n) is 3.84. The van der Waals surface area contributed by atoms with E-state index in [2.05, 4.69) is 32.3 Å². The van der Waals surface area contributed by atoms with E-state index in [0.717, 1.165) is 58.4 Å².